The number of nitrogens with zero attached hydrogens (tertiary/aromatic N) is 1. The molecule has 5 nitrogen and oxygen atoms in total. The van der Waals surface area contributed by atoms with Crippen LogP contribution in [0.2, 0.25) is 0 Å². The normalized spacial score (nSPS) is 12.2. The van der Waals surface area contributed by atoms with E-state index in [9.17, 15) is 4.79 Å². The molecule has 1 aromatic heterocycles. The highest BCUT2D eigenvalue weighted by molar-refractivity contribution is 5.95. The maximum atomic E-state index is 13.1. The fourth-order valence-corrected chi connectivity index (χ4v) is 3.05. The van der Waals surface area contributed by atoms with Gasteiger partial charge in [0, 0.05) is 5.69 Å². The number of fused-ring (bicyclic) bond motifs is 1. The van der Waals surface area contributed by atoms with Crippen LogP contribution in [0.5, 0.6) is 11.5 Å². The largest absolute Gasteiger partial charge is 0.467 e. The van der Waals surface area contributed by atoms with Gasteiger partial charge in [0.1, 0.15) is 5.76 Å². The Balaban J connectivity index is 1.60. The Morgan fingerprint density at radius 1 is 1.04 bits per heavy atom. The second-order valence-electron chi connectivity index (χ2n) is 6.21. The standard InChI is InChI=1S/C21H19NO4/c1-15-5-2-3-7-18(15)22(13-17-6-4-10-24-17)21(23)12-16-8-9-19-20(11-16)26-14-25-19/h2-11H,12-14H2,1H3. The monoisotopic (exact) mass is 349 g/mol. The van der Waals surface area contributed by atoms with E-state index in [2.05, 4.69) is 0 Å². The van der Waals surface area contributed by atoms with E-state index in [-0.39, 0.29) is 19.1 Å². The number of anilines is 1. The number of para-hydroxylation sites is 1. The second-order valence-corrected chi connectivity index (χ2v) is 6.21. The van der Waals surface area contributed by atoms with Crippen LogP contribution in [0.25, 0.3) is 0 Å². The van der Waals surface area contributed by atoms with Gasteiger partial charge in [-0.3, -0.25) is 4.79 Å². The minimum Gasteiger partial charge on any atom is -0.467 e. The summed E-state index contributed by atoms with van der Waals surface area (Å²) < 4.78 is 16.2. The van der Waals surface area contributed by atoms with Gasteiger partial charge in [0.25, 0.3) is 0 Å². The second kappa shape index (κ2) is 6.96. The summed E-state index contributed by atoms with van der Waals surface area (Å²) in [5.41, 5.74) is 2.81. The third-order valence-corrected chi connectivity index (χ3v) is 4.39. The molecule has 0 spiro atoms. The molecule has 2 aromatic carbocycles. The van der Waals surface area contributed by atoms with Crippen molar-refractivity contribution in [3.63, 3.8) is 0 Å². The molecular formula is C21H19NO4. The molecule has 0 saturated heterocycles. The molecule has 3 aromatic rings. The van der Waals surface area contributed by atoms with Crippen LogP contribution in [0.1, 0.15) is 16.9 Å². The summed E-state index contributed by atoms with van der Waals surface area (Å²) in [6.45, 7) is 2.61. The molecule has 0 radical (unpaired) electrons. The van der Waals surface area contributed by atoms with Crippen molar-refractivity contribution in [3.05, 3.63) is 77.7 Å². The van der Waals surface area contributed by atoms with Gasteiger partial charge in [-0.2, -0.15) is 0 Å². The summed E-state index contributed by atoms with van der Waals surface area (Å²) >= 11 is 0. The minimum absolute atomic E-state index is 0.00503. The van der Waals surface area contributed by atoms with E-state index >= 15 is 0 Å². The molecule has 1 amide bonds. The molecule has 0 fully saturated rings. The Morgan fingerprint density at radius 3 is 2.69 bits per heavy atom. The smallest absolute Gasteiger partial charge is 0.231 e. The van der Waals surface area contributed by atoms with Gasteiger partial charge >= 0.3 is 0 Å². The summed E-state index contributed by atoms with van der Waals surface area (Å²) in [6.07, 6.45) is 1.89. The molecule has 4 rings (SSSR count). The van der Waals surface area contributed by atoms with Crippen molar-refractivity contribution in [1.82, 2.24) is 0 Å². The van der Waals surface area contributed by atoms with Gasteiger partial charge in [-0.05, 0) is 48.4 Å². The van der Waals surface area contributed by atoms with Crippen LogP contribution in [0.4, 0.5) is 5.69 Å². The predicted octanol–water partition coefficient (Wildman–Crippen LogP) is 4.09. The number of carbonyl (C=O) groups is 1. The highest BCUT2D eigenvalue weighted by atomic mass is 16.7. The topological polar surface area (TPSA) is 51.9 Å². The number of amides is 1. The molecule has 0 unspecified atom stereocenters. The lowest BCUT2D eigenvalue weighted by Crippen LogP contribution is -2.32. The molecule has 5 heteroatoms. The summed E-state index contributed by atoms with van der Waals surface area (Å²) in [4.78, 5) is 14.9. The zero-order valence-electron chi connectivity index (χ0n) is 14.5. The van der Waals surface area contributed by atoms with Gasteiger partial charge in [-0.25, -0.2) is 0 Å². The molecule has 132 valence electrons. The number of hydrogen-bond acceptors (Lipinski definition) is 4. The van der Waals surface area contributed by atoms with E-state index in [1.807, 2.05) is 61.5 Å². The molecular weight excluding hydrogens is 330 g/mol. The summed E-state index contributed by atoms with van der Waals surface area (Å²) in [5, 5.41) is 0. The zero-order valence-corrected chi connectivity index (χ0v) is 14.5. The van der Waals surface area contributed by atoms with E-state index < -0.39 is 0 Å². The Hall–Kier alpha value is -3.21. The van der Waals surface area contributed by atoms with Crippen LogP contribution < -0.4 is 14.4 Å². The highest BCUT2D eigenvalue weighted by Gasteiger charge is 2.21. The molecule has 0 N–H and O–H groups in total. The first-order valence-corrected chi connectivity index (χ1v) is 8.47. The maximum absolute atomic E-state index is 13.1. The molecule has 26 heavy (non-hydrogen) atoms. The fraction of sp³-hybridized carbons (Fsp3) is 0.190. The maximum Gasteiger partial charge on any atom is 0.231 e. The predicted molar refractivity (Wildman–Crippen MR) is 97.3 cm³/mol. The number of furan rings is 1. The Kier molecular flexibility index (Phi) is 4.35. The van der Waals surface area contributed by atoms with Crippen molar-refractivity contribution >= 4 is 11.6 Å². The average Bonchev–Trinajstić information content (AvgIpc) is 3.31. The Labute approximate surface area is 151 Å². The van der Waals surface area contributed by atoms with E-state index in [4.69, 9.17) is 13.9 Å². The van der Waals surface area contributed by atoms with Crippen molar-refractivity contribution in [3.8, 4) is 11.5 Å². The quantitative estimate of drug-likeness (QED) is 0.696. The van der Waals surface area contributed by atoms with Crippen molar-refractivity contribution in [1.29, 1.82) is 0 Å². The van der Waals surface area contributed by atoms with Crippen LogP contribution in [-0.2, 0) is 17.8 Å². The van der Waals surface area contributed by atoms with Crippen LogP contribution in [0, 0.1) is 6.92 Å². The molecule has 1 aliphatic heterocycles. The molecule has 0 bridgehead atoms. The van der Waals surface area contributed by atoms with Crippen LogP contribution in [-0.4, -0.2) is 12.7 Å². The first kappa shape index (κ1) is 16.3. The van der Waals surface area contributed by atoms with Crippen LogP contribution in [0.15, 0.2) is 65.3 Å². The fourth-order valence-electron chi connectivity index (χ4n) is 3.05. The lowest BCUT2D eigenvalue weighted by Gasteiger charge is -2.24. The minimum atomic E-state index is -0.00503. The van der Waals surface area contributed by atoms with Gasteiger partial charge < -0.3 is 18.8 Å². The number of ether oxygens (including phenoxy) is 2. The lowest BCUT2D eigenvalue weighted by atomic mass is 10.1. The van der Waals surface area contributed by atoms with Gasteiger partial charge in [0.05, 0.1) is 19.2 Å². The summed E-state index contributed by atoms with van der Waals surface area (Å²) in [6, 6.07) is 17.2. The first-order valence-electron chi connectivity index (χ1n) is 8.47. The van der Waals surface area contributed by atoms with Gasteiger partial charge in [0.15, 0.2) is 11.5 Å². The molecule has 2 heterocycles. The molecule has 1 aliphatic rings. The number of rotatable bonds is 5. The summed E-state index contributed by atoms with van der Waals surface area (Å²) in [5.74, 6) is 2.14. The SMILES string of the molecule is Cc1ccccc1N(Cc1ccco1)C(=O)Cc1ccc2c(c1)OCO2. The van der Waals surface area contributed by atoms with E-state index in [0.29, 0.717) is 18.0 Å². The number of carbonyl (C=O) groups excluding carboxylic acids is 1. The first-order chi connectivity index (χ1) is 12.7. The van der Waals surface area contributed by atoms with Gasteiger partial charge in [0.2, 0.25) is 12.7 Å². The van der Waals surface area contributed by atoms with Crippen molar-refractivity contribution < 1.29 is 18.7 Å². The van der Waals surface area contributed by atoms with E-state index in [1.165, 1.54) is 0 Å². The third kappa shape index (κ3) is 3.28. The van der Waals surface area contributed by atoms with Crippen molar-refractivity contribution in [2.75, 3.05) is 11.7 Å². The third-order valence-electron chi connectivity index (χ3n) is 4.39. The number of benzene rings is 2. The Bertz CT molecular complexity index is 918. The lowest BCUT2D eigenvalue weighted by molar-refractivity contribution is -0.118. The van der Waals surface area contributed by atoms with Gasteiger partial charge in [-0.15, -0.1) is 0 Å². The number of hydrogen-bond donors (Lipinski definition) is 0. The molecule has 0 atom stereocenters. The van der Waals surface area contributed by atoms with Crippen LogP contribution in [0.3, 0.4) is 0 Å². The number of aryl methyl sites for hydroxylation is 1. The zero-order chi connectivity index (χ0) is 17.9. The highest BCUT2D eigenvalue weighted by Crippen LogP contribution is 2.33. The Morgan fingerprint density at radius 2 is 1.88 bits per heavy atom. The average molecular weight is 349 g/mol. The molecule has 0 saturated carbocycles. The van der Waals surface area contributed by atoms with Crippen molar-refractivity contribution in [2.45, 2.75) is 19.9 Å². The van der Waals surface area contributed by atoms with E-state index in [0.717, 1.165) is 22.6 Å². The molecule has 0 aliphatic carbocycles. The summed E-state index contributed by atoms with van der Waals surface area (Å²) in [7, 11) is 0. The van der Waals surface area contributed by atoms with Crippen molar-refractivity contribution in [2.24, 2.45) is 0 Å². The van der Waals surface area contributed by atoms with Crippen LogP contribution >= 0.6 is 0 Å². The van der Waals surface area contributed by atoms with E-state index in [1.54, 1.807) is 11.2 Å². The van der Waals surface area contributed by atoms with Gasteiger partial charge in [-0.1, -0.05) is 24.3 Å².